The molecule has 4 N–H and O–H groups in total. The molecule has 0 radical (unpaired) electrons. The first kappa shape index (κ1) is 16.2. The number of nitro groups is 1. The van der Waals surface area contributed by atoms with Crippen LogP contribution in [-0.4, -0.2) is 14.9 Å². The van der Waals surface area contributed by atoms with Gasteiger partial charge in [-0.3, -0.25) is 10.1 Å². The van der Waals surface area contributed by atoms with Crippen LogP contribution in [0.4, 0.5) is 11.4 Å². The summed E-state index contributed by atoms with van der Waals surface area (Å²) in [6.07, 6.45) is 3.28. The zero-order valence-electron chi connectivity index (χ0n) is 12.2. The summed E-state index contributed by atoms with van der Waals surface area (Å²) < 4.78 is 0. The van der Waals surface area contributed by atoms with Crippen molar-refractivity contribution in [1.82, 2.24) is 9.97 Å². The number of hydrogen-bond acceptors (Lipinski definition) is 3. The molecule has 8 heteroatoms. The number of rotatable bonds is 1. The SMILES string of the molecule is Nc1cccc2[nH]cc(Cl)c12.O=[N+]([O-])c1cccc2[nH]cc(Cl)c12. The van der Waals surface area contributed by atoms with E-state index in [1.807, 2.05) is 18.2 Å². The second-order valence-electron chi connectivity index (χ2n) is 5.00. The summed E-state index contributed by atoms with van der Waals surface area (Å²) in [5, 5.41) is 13.0. The van der Waals surface area contributed by atoms with Crippen molar-refractivity contribution in [3.63, 3.8) is 0 Å². The Balaban J connectivity index is 0.000000143. The molecular weight excluding hydrogens is 351 g/mol. The van der Waals surface area contributed by atoms with E-state index in [0.717, 1.165) is 10.9 Å². The second-order valence-corrected chi connectivity index (χ2v) is 5.81. The number of nitrogens with one attached hydrogen (secondary N) is 2. The zero-order chi connectivity index (χ0) is 17.3. The summed E-state index contributed by atoms with van der Waals surface area (Å²) >= 11 is 11.7. The van der Waals surface area contributed by atoms with Crippen molar-refractivity contribution in [3.05, 3.63) is 69.0 Å². The molecule has 2 heterocycles. The van der Waals surface area contributed by atoms with E-state index in [9.17, 15) is 10.1 Å². The first-order valence-electron chi connectivity index (χ1n) is 6.90. The van der Waals surface area contributed by atoms with Gasteiger partial charge in [0.1, 0.15) is 0 Å². The number of aromatic nitrogens is 2. The van der Waals surface area contributed by atoms with E-state index in [1.54, 1.807) is 24.5 Å². The third kappa shape index (κ3) is 2.89. The Hall–Kier alpha value is -2.70. The molecule has 0 fully saturated rings. The Labute approximate surface area is 146 Å². The number of non-ortho nitro benzene ring substituents is 1. The van der Waals surface area contributed by atoms with Crippen molar-refractivity contribution in [1.29, 1.82) is 0 Å². The van der Waals surface area contributed by atoms with E-state index in [1.165, 1.54) is 6.07 Å². The minimum absolute atomic E-state index is 0.0313. The van der Waals surface area contributed by atoms with E-state index in [4.69, 9.17) is 28.9 Å². The minimum Gasteiger partial charge on any atom is -0.398 e. The Morgan fingerprint density at radius 1 is 0.917 bits per heavy atom. The highest BCUT2D eigenvalue weighted by molar-refractivity contribution is 6.37. The monoisotopic (exact) mass is 362 g/mol. The van der Waals surface area contributed by atoms with E-state index in [2.05, 4.69) is 9.97 Å². The summed E-state index contributed by atoms with van der Waals surface area (Å²) in [7, 11) is 0. The van der Waals surface area contributed by atoms with Gasteiger partial charge in [-0.2, -0.15) is 0 Å². The fourth-order valence-corrected chi connectivity index (χ4v) is 2.97. The highest BCUT2D eigenvalue weighted by Gasteiger charge is 2.14. The van der Waals surface area contributed by atoms with Crippen LogP contribution < -0.4 is 5.73 Å². The Morgan fingerprint density at radius 3 is 2.04 bits per heavy atom. The fourth-order valence-electron chi connectivity index (χ4n) is 2.45. The van der Waals surface area contributed by atoms with Gasteiger partial charge in [0.05, 0.1) is 25.9 Å². The van der Waals surface area contributed by atoms with Crippen molar-refractivity contribution in [2.24, 2.45) is 0 Å². The van der Waals surface area contributed by atoms with Crippen LogP contribution >= 0.6 is 23.2 Å². The van der Waals surface area contributed by atoms with Crippen LogP contribution in [0.15, 0.2) is 48.8 Å². The van der Waals surface area contributed by atoms with Crippen LogP contribution in [0, 0.1) is 10.1 Å². The van der Waals surface area contributed by atoms with Crippen LogP contribution in [0.2, 0.25) is 10.0 Å². The maximum atomic E-state index is 10.6. The lowest BCUT2D eigenvalue weighted by atomic mass is 10.2. The standard InChI is InChI=1S/C8H5ClN2O2.C8H7ClN2/c9-5-4-10-6-2-1-3-7(8(5)6)11(12)13;9-5-4-11-7-3-1-2-6(10)8(5)7/h1-4,10H;1-4,11H,10H2. The van der Waals surface area contributed by atoms with Crippen LogP contribution in [0.3, 0.4) is 0 Å². The summed E-state index contributed by atoms with van der Waals surface area (Å²) in [6.45, 7) is 0. The lowest BCUT2D eigenvalue weighted by Crippen LogP contribution is -1.87. The maximum absolute atomic E-state index is 10.6. The largest absolute Gasteiger partial charge is 0.398 e. The molecule has 0 saturated heterocycles. The summed E-state index contributed by atoms with van der Waals surface area (Å²) in [5.41, 5.74) is 8.11. The number of nitrogens with two attached hydrogens (primary N) is 1. The molecule has 0 aliphatic rings. The highest BCUT2D eigenvalue weighted by atomic mass is 35.5. The Kier molecular flexibility index (Phi) is 4.33. The third-order valence-corrected chi connectivity index (χ3v) is 4.12. The maximum Gasteiger partial charge on any atom is 0.280 e. The quantitative estimate of drug-likeness (QED) is 0.248. The van der Waals surface area contributed by atoms with E-state index >= 15 is 0 Å². The first-order chi connectivity index (χ1) is 11.5. The van der Waals surface area contributed by atoms with Gasteiger partial charge in [0, 0.05) is 35.1 Å². The van der Waals surface area contributed by atoms with Gasteiger partial charge in [0.25, 0.3) is 5.69 Å². The molecular formula is C16H12Cl2N4O2. The zero-order valence-corrected chi connectivity index (χ0v) is 13.7. The van der Waals surface area contributed by atoms with Crippen molar-refractivity contribution < 1.29 is 4.92 Å². The summed E-state index contributed by atoms with van der Waals surface area (Å²) in [4.78, 5) is 16.0. The predicted octanol–water partition coefficient (Wildman–Crippen LogP) is 5.13. The number of halogens is 2. The molecule has 24 heavy (non-hydrogen) atoms. The Morgan fingerprint density at radius 2 is 1.46 bits per heavy atom. The van der Waals surface area contributed by atoms with Gasteiger partial charge in [-0.05, 0) is 18.2 Å². The van der Waals surface area contributed by atoms with Gasteiger partial charge in [0.15, 0.2) is 0 Å². The number of fused-ring (bicyclic) bond motifs is 2. The first-order valence-corrected chi connectivity index (χ1v) is 7.65. The molecule has 0 aliphatic carbocycles. The molecule has 0 atom stereocenters. The topological polar surface area (TPSA) is 101 Å². The van der Waals surface area contributed by atoms with Crippen LogP contribution in [-0.2, 0) is 0 Å². The molecule has 122 valence electrons. The minimum atomic E-state index is -0.442. The van der Waals surface area contributed by atoms with Crippen molar-refractivity contribution in [2.45, 2.75) is 0 Å². The van der Waals surface area contributed by atoms with Gasteiger partial charge in [-0.15, -0.1) is 0 Å². The predicted molar refractivity (Wildman–Crippen MR) is 97.7 cm³/mol. The van der Waals surface area contributed by atoms with Crippen LogP contribution in [0.5, 0.6) is 0 Å². The molecule has 0 aliphatic heterocycles. The van der Waals surface area contributed by atoms with Gasteiger partial charge < -0.3 is 15.7 Å². The number of hydrogen-bond donors (Lipinski definition) is 3. The number of nitro benzene ring substituents is 1. The lowest BCUT2D eigenvalue weighted by Gasteiger charge is -1.94. The van der Waals surface area contributed by atoms with Gasteiger partial charge in [0.2, 0.25) is 0 Å². The normalized spacial score (nSPS) is 10.6. The van der Waals surface area contributed by atoms with Gasteiger partial charge >= 0.3 is 0 Å². The molecule has 2 aromatic carbocycles. The average Bonchev–Trinajstić information content (AvgIpc) is 3.13. The molecule has 2 aromatic heterocycles. The highest BCUT2D eigenvalue weighted by Crippen LogP contribution is 2.31. The smallest absolute Gasteiger partial charge is 0.280 e. The molecule has 0 unspecified atom stereocenters. The van der Waals surface area contributed by atoms with Gasteiger partial charge in [-0.25, -0.2) is 0 Å². The number of H-pyrrole nitrogens is 2. The number of anilines is 1. The molecule has 6 nitrogen and oxygen atoms in total. The molecule has 0 amide bonds. The van der Waals surface area contributed by atoms with Crippen LogP contribution in [0.25, 0.3) is 21.8 Å². The average molecular weight is 363 g/mol. The molecule has 4 rings (SSSR count). The van der Waals surface area contributed by atoms with Crippen LogP contribution in [0.1, 0.15) is 0 Å². The number of nitrogens with zero attached hydrogens (tertiary/aromatic N) is 1. The molecule has 0 spiro atoms. The van der Waals surface area contributed by atoms with Crippen molar-refractivity contribution >= 4 is 56.4 Å². The van der Waals surface area contributed by atoms with Crippen molar-refractivity contribution in [2.75, 3.05) is 5.73 Å². The summed E-state index contributed by atoms with van der Waals surface area (Å²) in [6, 6.07) is 10.5. The van der Waals surface area contributed by atoms with E-state index in [-0.39, 0.29) is 5.69 Å². The number of nitrogen functional groups attached to an aromatic ring is 1. The molecule has 4 aromatic rings. The Bertz CT molecular complexity index is 1040. The lowest BCUT2D eigenvalue weighted by molar-refractivity contribution is -0.383. The fraction of sp³-hybridized carbons (Fsp3) is 0. The van der Waals surface area contributed by atoms with Crippen molar-refractivity contribution in [3.8, 4) is 0 Å². The number of aromatic amines is 2. The van der Waals surface area contributed by atoms with E-state index in [0.29, 0.717) is 26.6 Å². The van der Waals surface area contributed by atoms with E-state index < -0.39 is 4.92 Å². The van der Waals surface area contributed by atoms with Gasteiger partial charge in [-0.1, -0.05) is 35.3 Å². The molecule has 0 saturated carbocycles. The second kappa shape index (κ2) is 6.43. The summed E-state index contributed by atoms with van der Waals surface area (Å²) in [5.74, 6) is 0. The molecule has 0 bridgehead atoms. The number of benzene rings is 2. The third-order valence-electron chi connectivity index (χ3n) is 3.52.